The zero-order chi connectivity index (χ0) is 18.1. The molecule has 0 aliphatic rings. The SMILES string of the molecule is CCC(C)(C)c1ccc(O)c(NS(=O)(=O)c2ccc(C)c(Cl)c2)c1. The number of sulfonamides is 1. The molecule has 0 fully saturated rings. The van der Waals surface area contributed by atoms with E-state index in [4.69, 9.17) is 11.6 Å². The highest BCUT2D eigenvalue weighted by molar-refractivity contribution is 7.92. The molecule has 6 heteroatoms. The van der Waals surface area contributed by atoms with E-state index in [-0.39, 0.29) is 21.7 Å². The number of halogens is 1. The zero-order valence-corrected chi connectivity index (χ0v) is 15.8. The van der Waals surface area contributed by atoms with Crippen molar-refractivity contribution in [2.75, 3.05) is 4.72 Å². The van der Waals surface area contributed by atoms with Crippen LogP contribution in [0, 0.1) is 6.92 Å². The topological polar surface area (TPSA) is 66.4 Å². The Bertz CT molecular complexity index is 861. The van der Waals surface area contributed by atoms with Crippen LogP contribution in [0.15, 0.2) is 41.3 Å². The fourth-order valence-corrected chi connectivity index (χ4v) is 3.52. The van der Waals surface area contributed by atoms with Crippen LogP contribution < -0.4 is 4.72 Å². The maximum absolute atomic E-state index is 12.6. The Morgan fingerprint density at radius 2 is 1.83 bits per heavy atom. The highest BCUT2D eigenvalue weighted by atomic mass is 35.5. The van der Waals surface area contributed by atoms with Crippen LogP contribution in [0.1, 0.15) is 38.3 Å². The lowest BCUT2D eigenvalue weighted by molar-refractivity contribution is 0.474. The van der Waals surface area contributed by atoms with Crippen LogP contribution in [0.4, 0.5) is 5.69 Å². The molecule has 0 aliphatic heterocycles. The number of hydrogen-bond donors (Lipinski definition) is 2. The van der Waals surface area contributed by atoms with Crippen molar-refractivity contribution in [1.29, 1.82) is 0 Å². The second-order valence-corrected chi connectivity index (χ2v) is 8.58. The average Bonchev–Trinajstić information content (AvgIpc) is 2.51. The highest BCUT2D eigenvalue weighted by Gasteiger charge is 2.22. The van der Waals surface area contributed by atoms with Gasteiger partial charge in [0, 0.05) is 5.02 Å². The Labute approximate surface area is 148 Å². The molecule has 2 N–H and O–H groups in total. The monoisotopic (exact) mass is 367 g/mol. The van der Waals surface area contributed by atoms with Gasteiger partial charge in [-0.15, -0.1) is 0 Å². The summed E-state index contributed by atoms with van der Waals surface area (Å²) in [6.07, 6.45) is 0.886. The van der Waals surface area contributed by atoms with Gasteiger partial charge in [-0.3, -0.25) is 4.72 Å². The lowest BCUT2D eigenvalue weighted by Crippen LogP contribution is -2.17. The fraction of sp³-hybridized carbons (Fsp3) is 0.333. The van der Waals surface area contributed by atoms with Crippen molar-refractivity contribution in [1.82, 2.24) is 0 Å². The minimum Gasteiger partial charge on any atom is -0.506 e. The van der Waals surface area contributed by atoms with E-state index in [9.17, 15) is 13.5 Å². The smallest absolute Gasteiger partial charge is 0.262 e. The van der Waals surface area contributed by atoms with Gasteiger partial charge < -0.3 is 5.11 Å². The zero-order valence-electron chi connectivity index (χ0n) is 14.2. The summed E-state index contributed by atoms with van der Waals surface area (Å²) in [5.74, 6) is -0.118. The Hall–Kier alpha value is -1.72. The lowest BCUT2D eigenvalue weighted by atomic mass is 9.82. The number of phenolic OH excluding ortho intramolecular Hbond substituents is 1. The molecular weight excluding hydrogens is 346 g/mol. The normalized spacial score (nSPS) is 12.2. The van der Waals surface area contributed by atoms with Crippen molar-refractivity contribution in [2.45, 2.75) is 44.4 Å². The number of hydrogen-bond acceptors (Lipinski definition) is 3. The molecule has 2 aromatic carbocycles. The Kier molecular flexibility index (Phi) is 5.16. The summed E-state index contributed by atoms with van der Waals surface area (Å²) in [6.45, 7) is 7.99. The molecule has 4 nitrogen and oxygen atoms in total. The molecule has 0 amide bonds. The first-order valence-electron chi connectivity index (χ1n) is 7.69. The Morgan fingerprint density at radius 1 is 1.17 bits per heavy atom. The Morgan fingerprint density at radius 3 is 2.42 bits per heavy atom. The van der Waals surface area contributed by atoms with Crippen LogP contribution in [0.5, 0.6) is 5.75 Å². The Balaban J connectivity index is 2.42. The molecule has 0 aliphatic carbocycles. The van der Waals surface area contributed by atoms with Gasteiger partial charge in [0.15, 0.2) is 0 Å². The van der Waals surface area contributed by atoms with E-state index >= 15 is 0 Å². The number of aromatic hydroxyl groups is 1. The molecule has 2 rings (SSSR count). The number of benzene rings is 2. The highest BCUT2D eigenvalue weighted by Crippen LogP contribution is 2.34. The van der Waals surface area contributed by atoms with Crippen molar-refractivity contribution in [3.05, 3.63) is 52.5 Å². The molecule has 0 spiro atoms. The summed E-state index contributed by atoms with van der Waals surface area (Å²) in [5, 5.41) is 10.4. The molecule has 2 aromatic rings. The first-order chi connectivity index (χ1) is 11.1. The summed E-state index contributed by atoms with van der Waals surface area (Å²) in [5.41, 5.74) is 1.78. The average molecular weight is 368 g/mol. The summed E-state index contributed by atoms with van der Waals surface area (Å²) in [4.78, 5) is 0.0534. The molecule has 0 radical (unpaired) electrons. The van der Waals surface area contributed by atoms with Gasteiger partial charge in [0.25, 0.3) is 10.0 Å². The number of aryl methyl sites for hydroxylation is 1. The van der Waals surface area contributed by atoms with E-state index < -0.39 is 10.0 Å². The third-order valence-electron chi connectivity index (χ3n) is 4.36. The van der Waals surface area contributed by atoms with Crippen LogP contribution in [-0.2, 0) is 15.4 Å². The summed E-state index contributed by atoms with van der Waals surface area (Å²) >= 11 is 6.02. The molecule has 0 saturated carbocycles. The van der Waals surface area contributed by atoms with E-state index in [1.54, 1.807) is 25.1 Å². The lowest BCUT2D eigenvalue weighted by Gasteiger charge is -2.24. The van der Waals surface area contributed by atoms with Crippen molar-refractivity contribution < 1.29 is 13.5 Å². The van der Waals surface area contributed by atoms with Gasteiger partial charge >= 0.3 is 0 Å². The number of rotatable bonds is 5. The largest absolute Gasteiger partial charge is 0.506 e. The predicted octanol–water partition coefficient (Wildman–Crippen LogP) is 4.84. The van der Waals surface area contributed by atoms with E-state index in [1.807, 2.05) is 0 Å². The minimum atomic E-state index is -3.84. The molecular formula is C18H22ClNO3S. The van der Waals surface area contributed by atoms with Crippen LogP contribution in [0.25, 0.3) is 0 Å². The van der Waals surface area contributed by atoms with E-state index in [2.05, 4.69) is 25.5 Å². The van der Waals surface area contributed by atoms with Crippen molar-refractivity contribution in [3.8, 4) is 5.75 Å². The van der Waals surface area contributed by atoms with Crippen molar-refractivity contribution in [3.63, 3.8) is 0 Å². The molecule has 24 heavy (non-hydrogen) atoms. The van der Waals surface area contributed by atoms with Crippen LogP contribution >= 0.6 is 11.6 Å². The van der Waals surface area contributed by atoms with Crippen molar-refractivity contribution in [2.24, 2.45) is 0 Å². The third kappa shape index (κ3) is 3.84. The first-order valence-corrected chi connectivity index (χ1v) is 9.55. The number of nitrogens with one attached hydrogen (secondary N) is 1. The number of phenols is 1. The predicted molar refractivity (Wildman–Crippen MR) is 98.4 cm³/mol. The second kappa shape index (κ2) is 6.65. The molecule has 0 unspecified atom stereocenters. The van der Waals surface area contributed by atoms with Crippen LogP contribution in [0.2, 0.25) is 5.02 Å². The fourth-order valence-electron chi connectivity index (χ4n) is 2.19. The maximum Gasteiger partial charge on any atom is 0.262 e. The number of anilines is 1. The van der Waals surface area contributed by atoms with Crippen LogP contribution in [-0.4, -0.2) is 13.5 Å². The van der Waals surface area contributed by atoms with E-state index in [0.717, 1.165) is 17.5 Å². The van der Waals surface area contributed by atoms with Crippen LogP contribution in [0.3, 0.4) is 0 Å². The molecule has 0 heterocycles. The van der Waals surface area contributed by atoms with Crippen molar-refractivity contribution >= 4 is 27.3 Å². The second-order valence-electron chi connectivity index (χ2n) is 6.49. The molecule has 0 aromatic heterocycles. The van der Waals surface area contributed by atoms with Gasteiger partial charge in [-0.2, -0.15) is 0 Å². The van der Waals surface area contributed by atoms with Gasteiger partial charge in [-0.1, -0.05) is 44.5 Å². The standard InChI is InChI=1S/C18H22ClNO3S/c1-5-18(3,4)13-7-9-17(21)16(10-13)20-24(22,23)14-8-6-12(2)15(19)11-14/h6-11,20-21H,5H2,1-4H3. The van der Waals surface area contributed by atoms with Gasteiger partial charge in [-0.05, 0) is 54.2 Å². The summed E-state index contributed by atoms with van der Waals surface area (Å²) in [6, 6.07) is 9.52. The summed E-state index contributed by atoms with van der Waals surface area (Å²) < 4.78 is 27.6. The first kappa shape index (κ1) is 18.6. The molecule has 0 bridgehead atoms. The van der Waals surface area contributed by atoms with Gasteiger partial charge in [0.2, 0.25) is 0 Å². The molecule has 0 atom stereocenters. The van der Waals surface area contributed by atoms with Gasteiger partial charge in [0.05, 0.1) is 10.6 Å². The van der Waals surface area contributed by atoms with Gasteiger partial charge in [0.1, 0.15) is 5.75 Å². The summed E-state index contributed by atoms with van der Waals surface area (Å²) in [7, 11) is -3.84. The molecule has 130 valence electrons. The maximum atomic E-state index is 12.6. The third-order valence-corrected chi connectivity index (χ3v) is 6.13. The minimum absolute atomic E-state index is 0.0534. The quantitative estimate of drug-likeness (QED) is 0.743. The van der Waals surface area contributed by atoms with E-state index in [0.29, 0.717) is 5.02 Å². The van der Waals surface area contributed by atoms with Gasteiger partial charge in [-0.25, -0.2) is 8.42 Å². The van der Waals surface area contributed by atoms with E-state index in [1.165, 1.54) is 18.2 Å². The molecule has 0 saturated heterocycles.